The summed E-state index contributed by atoms with van der Waals surface area (Å²) in [4.78, 5) is 72.1. The minimum Gasteiger partial charge on any atom is -0.478 e. The quantitative estimate of drug-likeness (QED) is 0.110. The van der Waals surface area contributed by atoms with Crippen molar-refractivity contribution in [3.63, 3.8) is 0 Å². The van der Waals surface area contributed by atoms with Gasteiger partial charge in [-0.2, -0.15) is 0 Å². The second kappa shape index (κ2) is 27.1. The molecule has 0 atom stereocenters. The lowest BCUT2D eigenvalue weighted by molar-refractivity contribution is -0.135. The predicted octanol–water partition coefficient (Wildman–Crippen LogP) is 13.6. The molecule has 6 heterocycles. The number of nitrogens with zero attached hydrogens (tertiary/aromatic N) is 8. The summed E-state index contributed by atoms with van der Waals surface area (Å²) in [7, 11) is 2.11. The molecule has 2 aliphatic carbocycles. The Balaban J connectivity index is 0.000000157. The summed E-state index contributed by atoms with van der Waals surface area (Å²) < 4.78 is 43.5. The van der Waals surface area contributed by atoms with E-state index in [1.165, 1.54) is 25.0 Å². The third kappa shape index (κ3) is 12.9. The van der Waals surface area contributed by atoms with Gasteiger partial charge in [0.05, 0.1) is 112 Å². The maximum absolute atomic E-state index is 14.5. The Morgan fingerprint density at radius 3 is 1.53 bits per heavy atom. The average Bonchev–Trinajstić information content (AvgIpc) is 1.64. The van der Waals surface area contributed by atoms with Gasteiger partial charge >= 0.3 is 11.9 Å². The largest absolute Gasteiger partial charge is 0.478 e. The van der Waals surface area contributed by atoms with Crippen molar-refractivity contribution in [1.29, 1.82) is 0 Å². The molecule has 0 bridgehead atoms. The standard InChI is InChI=1S/C35H33FN4O4.C31H26FN3O3.C5H11NO/c36-27-9-5-4-8-25(27)30-20-37-29-18-23(11-13-28(29)38-30)34-33(22-6-2-1-3-7-22)26-12-10-24(35(42)43)19-31(26)40(34)21-32(41)39-14-16-44-17-15-39;32-24-9-5-4-8-22(24)27-18-33-25-13-11-20(16-26(25)34-27)30-29(19-6-2-1-3-7-19)23-12-10-21(31(37)38)17-28(23)35(30)14-15-36;1-6-2-4-7-5-3-6/h4-5,8-13,18-20,22H,1-3,6-7,14-17,21H2,(H,42,43);4-5,8-13,15-19H,1-3,6-7,14H2,(H,37,38);2-5H2,1H3. The summed E-state index contributed by atoms with van der Waals surface area (Å²) in [5.74, 6) is -2.18. The molecule has 2 saturated carbocycles. The summed E-state index contributed by atoms with van der Waals surface area (Å²) in [5, 5.41) is 21.5. The highest BCUT2D eigenvalue weighted by Gasteiger charge is 2.31. The molecule has 4 aliphatic rings. The lowest BCUT2D eigenvalue weighted by atomic mass is 9.81. The number of rotatable bonds is 12. The SMILES string of the molecule is CN1CCOCC1.O=C(O)c1ccc2c(C3CCCCC3)c(-c3ccc4nc(-c5ccccc5F)cnc4c3)n(CC(=O)N3CCOCC3)c2c1.O=CCn1c(-c2ccc3ncc(-c4ccccc4F)nc3c2)c(C2CCCCC2)c2ccc(C(=O)O)cc21. The number of likely N-dealkylation sites (N-methyl/N-ethyl adjacent to an activating group) is 1. The van der Waals surface area contributed by atoms with E-state index in [9.17, 15) is 38.2 Å². The molecule has 0 unspecified atom stereocenters. The van der Waals surface area contributed by atoms with Crippen molar-refractivity contribution in [3.05, 3.63) is 168 Å². The Kier molecular flexibility index (Phi) is 18.3. The third-order valence-electron chi connectivity index (χ3n) is 17.8. The van der Waals surface area contributed by atoms with Crippen LogP contribution in [0.3, 0.4) is 0 Å². The van der Waals surface area contributed by atoms with Crippen LogP contribution in [-0.4, -0.2) is 133 Å². The maximum Gasteiger partial charge on any atom is 0.335 e. The van der Waals surface area contributed by atoms with E-state index in [2.05, 4.69) is 21.9 Å². The Bertz CT molecular complexity index is 4270. The molecular formula is C71H70F2N8O8. The molecule has 14 rings (SSSR count). The molecule has 1 amide bonds. The first kappa shape index (κ1) is 60.2. The van der Waals surface area contributed by atoms with Crippen LogP contribution in [-0.2, 0) is 32.2 Å². The summed E-state index contributed by atoms with van der Waals surface area (Å²) in [5.41, 5.74) is 12.0. The first-order valence-electron chi connectivity index (χ1n) is 30.8. The van der Waals surface area contributed by atoms with E-state index in [0.717, 1.165) is 139 Å². The van der Waals surface area contributed by atoms with Crippen molar-refractivity contribution < 1.29 is 47.6 Å². The van der Waals surface area contributed by atoms with E-state index < -0.39 is 11.9 Å². The van der Waals surface area contributed by atoms with E-state index in [4.69, 9.17) is 19.4 Å². The van der Waals surface area contributed by atoms with Crippen LogP contribution in [0.25, 0.3) is 88.9 Å². The van der Waals surface area contributed by atoms with Crippen molar-refractivity contribution in [3.8, 4) is 45.0 Å². The van der Waals surface area contributed by atoms with Crippen LogP contribution in [0.4, 0.5) is 8.78 Å². The number of ether oxygens (including phenoxy) is 2. The molecular weight excluding hydrogens is 1130 g/mol. The van der Waals surface area contributed by atoms with Crippen molar-refractivity contribution in [2.75, 3.05) is 59.7 Å². The van der Waals surface area contributed by atoms with E-state index in [1.54, 1.807) is 73.1 Å². The minimum atomic E-state index is -1.01. The van der Waals surface area contributed by atoms with Crippen LogP contribution >= 0.6 is 0 Å². The molecule has 2 N–H and O–H groups in total. The third-order valence-corrected chi connectivity index (χ3v) is 17.8. The number of aromatic nitrogens is 6. The number of carbonyl (C=O) groups excluding carboxylic acids is 2. The number of hydrogen-bond acceptors (Lipinski definition) is 11. The van der Waals surface area contributed by atoms with Gasteiger partial charge in [0.1, 0.15) is 24.5 Å². The number of benzene rings is 6. The number of halogens is 2. The average molecular weight is 1200 g/mol. The van der Waals surface area contributed by atoms with Crippen LogP contribution in [0.2, 0.25) is 0 Å². The van der Waals surface area contributed by atoms with Crippen LogP contribution < -0.4 is 0 Å². The van der Waals surface area contributed by atoms with Gasteiger partial charge in [0.25, 0.3) is 0 Å². The number of carboxylic acids is 2. The molecule has 0 radical (unpaired) electrons. The highest BCUT2D eigenvalue weighted by Crippen LogP contribution is 2.47. The second-order valence-corrected chi connectivity index (χ2v) is 23.4. The van der Waals surface area contributed by atoms with E-state index in [0.29, 0.717) is 76.8 Å². The minimum absolute atomic E-state index is 0.0301. The van der Waals surface area contributed by atoms with Gasteiger partial charge in [-0.25, -0.2) is 28.3 Å². The summed E-state index contributed by atoms with van der Waals surface area (Å²) >= 11 is 0. The Labute approximate surface area is 513 Å². The van der Waals surface area contributed by atoms with Crippen LogP contribution in [0, 0.1) is 11.6 Å². The van der Waals surface area contributed by atoms with Crippen LogP contribution in [0.1, 0.15) is 108 Å². The maximum atomic E-state index is 14.5. The molecule has 2 saturated heterocycles. The van der Waals surface area contributed by atoms with Gasteiger partial charge in [0.2, 0.25) is 5.91 Å². The highest BCUT2D eigenvalue weighted by molar-refractivity contribution is 6.01. The summed E-state index contributed by atoms with van der Waals surface area (Å²) in [6.45, 7) is 6.25. The molecule has 4 fully saturated rings. The zero-order valence-electron chi connectivity index (χ0n) is 49.8. The van der Waals surface area contributed by atoms with Crippen molar-refractivity contribution in [2.24, 2.45) is 0 Å². The molecule has 18 heteroatoms. The Hall–Kier alpha value is -9.10. The Morgan fingerprint density at radius 1 is 0.551 bits per heavy atom. The van der Waals surface area contributed by atoms with Crippen molar-refractivity contribution in [2.45, 2.75) is 89.1 Å². The molecule has 10 aromatic rings. The number of hydrogen-bond donors (Lipinski definition) is 2. The highest BCUT2D eigenvalue weighted by atomic mass is 19.1. The fourth-order valence-electron chi connectivity index (χ4n) is 13.3. The monoisotopic (exact) mass is 1200 g/mol. The van der Waals surface area contributed by atoms with Gasteiger partial charge < -0.3 is 43.4 Å². The summed E-state index contributed by atoms with van der Waals surface area (Å²) in [6, 6.07) is 35.1. The van der Waals surface area contributed by atoms with Crippen LogP contribution in [0.5, 0.6) is 0 Å². The van der Waals surface area contributed by atoms with Gasteiger partial charge in [-0.05, 0) is 128 Å². The molecule has 456 valence electrons. The lowest BCUT2D eigenvalue weighted by Gasteiger charge is -2.28. The first-order chi connectivity index (χ1) is 43.4. The van der Waals surface area contributed by atoms with E-state index in [1.807, 2.05) is 62.6 Å². The topological polar surface area (TPSA) is 195 Å². The van der Waals surface area contributed by atoms with Gasteiger partial charge in [-0.1, -0.05) is 87.1 Å². The van der Waals surface area contributed by atoms with Gasteiger partial charge in [0, 0.05) is 59.2 Å². The molecule has 16 nitrogen and oxygen atoms in total. The zero-order chi connectivity index (χ0) is 61.5. The number of fused-ring (bicyclic) bond motifs is 4. The van der Waals surface area contributed by atoms with Gasteiger partial charge in [-0.15, -0.1) is 0 Å². The first-order valence-corrected chi connectivity index (χ1v) is 30.8. The lowest BCUT2D eigenvalue weighted by Crippen LogP contribution is -2.42. The number of morpholine rings is 2. The molecule has 0 spiro atoms. The smallest absolute Gasteiger partial charge is 0.335 e. The number of aromatic carboxylic acids is 2. The normalized spacial score (nSPS) is 16.0. The predicted molar refractivity (Wildman–Crippen MR) is 339 cm³/mol. The molecule has 6 aromatic carbocycles. The number of carboxylic acid groups (broad SMARTS) is 2. The molecule has 89 heavy (non-hydrogen) atoms. The van der Waals surface area contributed by atoms with E-state index in [-0.39, 0.29) is 47.7 Å². The van der Waals surface area contributed by atoms with Gasteiger partial charge in [0.15, 0.2) is 0 Å². The second-order valence-electron chi connectivity index (χ2n) is 23.4. The Morgan fingerprint density at radius 2 is 1.02 bits per heavy atom. The number of carbonyl (C=O) groups is 4. The fraction of sp³-hybridized carbons (Fsp3) is 0.324. The fourth-order valence-corrected chi connectivity index (χ4v) is 13.3. The van der Waals surface area contributed by atoms with Gasteiger partial charge in [-0.3, -0.25) is 14.8 Å². The number of amides is 1. The van der Waals surface area contributed by atoms with Crippen molar-refractivity contribution >= 4 is 68.0 Å². The van der Waals surface area contributed by atoms with E-state index >= 15 is 0 Å². The van der Waals surface area contributed by atoms with Crippen molar-refractivity contribution in [1.82, 2.24) is 38.9 Å². The zero-order valence-corrected chi connectivity index (χ0v) is 49.8. The molecule has 2 aliphatic heterocycles. The van der Waals surface area contributed by atoms with Crippen LogP contribution in [0.15, 0.2) is 134 Å². The summed E-state index contributed by atoms with van der Waals surface area (Å²) in [6.07, 6.45) is 15.1. The molecule has 4 aromatic heterocycles. The number of aldehydes is 1.